The number of fused-ring (bicyclic) bond motifs is 2. The molecular weight excluding hydrogens is 854 g/mol. The fourth-order valence-electron chi connectivity index (χ4n) is 7.09. The fourth-order valence-corrected chi connectivity index (χ4v) is 7.09. The highest BCUT2D eigenvalue weighted by atomic mass is 19.2. The molecule has 0 saturated carbocycles. The maximum Gasteiger partial charge on any atom is 0.324 e. The second kappa shape index (κ2) is 18.5. The number of nitrogens with zero attached hydrogens (tertiary/aromatic N) is 4. The first-order valence-electron chi connectivity index (χ1n) is 20.9. The van der Waals surface area contributed by atoms with E-state index in [1.54, 1.807) is 21.5 Å². The average molecular weight is 902 g/mol. The molecule has 0 atom stereocenters. The quantitative estimate of drug-likeness (QED) is 0.0799. The van der Waals surface area contributed by atoms with Gasteiger partial charge < -0.3 is 16.4 Å². The van der Waals surface area contributed by atoms with E-state index < -0.39 is 46.8 Å². The van der Waals surface area contributed by atoms with Crippen molar-refractivity contribution < 1.29 is 31.5 Å². The number of halogens is 5. The molecule has 0 saturated heterocycles. The van der Waals surface area contributed by atoms with Crippen LogP contribution in [0.4, 0.5) is 54.6 Å². The molecule has 0 aliphatic heterocycles. The lowest BCUT2D eigenvalue weighted by Gasteiger charge is -2.14. The molecule has 8 rings (SSSR count). The molecule has 0 radical (unpaired) electrons. The van der Waals surface area contributed by atoms with Crippen molar-refractivity contribution in [3.05, 3.63) is 167 Å². The predicted molar refractivity (Wildman–Crippen MR) is 250 cm³/mol. The van der Waals surface area contributed by atoms with Gasteiger partial charge in [0.25, 0.3) is 0 Å². The smallest absolute Gasteiger partial charge is 0.324 e. The van der Waals surface area contributed by atoms with Crippen molar-refractivity contribution in [2.75, 3.05) is 21.3 Å². The molecule has 0 aliphatic carbocycles. The molecule has 2 aromatic heterocycles. The Labute approximate surface area is 377 Å². The summed E-state index contributed by atoms with van der Waals surface area (Å²) in [5.74, 6) is -4.36. The molecule has 0 spiro atoms. The molecular formula is C50H48F5N9O2. The topological polar surface area (TPSA) is 144 Å². The zero-order valence-corrected chi connectivity index (χ0v) is 37.2. The molecule has 16 heteroatoms. The van der Waals surface area contributed by atoms with Crippen molar-refractivity contribution in [1.29, 1.82) is 0 Å². The summed E-state index contributed by atoms with van der Waals surface area (Å²) in [5, 5.41) is 23.5. The number of amides is 4. The molecule has 2 heterocycles. The molecule has 4 amide bonds. The summed E-state index contributed by atoms with van der Waals surface area (Å²) in [5.41, 5.74) is 9.54. The highest BCUT2D eigenvalue weighted by Gasteiger charge is 2.24. The first-order valence-corrected chi connectivity index (χ1v) is 20.9. The van der Waals surface area contributed by atoms with E-state index in [9.17, 15) is 31.5 Å². The normalized spacial score (nSPS) is 11.6. The van der Waals surface area contributed by atoms with E-state index in [1.807, 2.05) is 115 Å². The van der Waals surface area contributed by atoms with E-state index >= 15 is 0 Å². The van der Waals surface area contributed by atoms with Gasteiger partial charge in [-0.1, -0.05) is 90.1 Å². The number of benzene rings is 6. The Morgan fingerprint density at radius 1 is 0.545 bits per heavy atom. The lowest BCUT2D eigenvalue weighted by Crippen LogP contribution is -2.22. The highest BCUT2D eigenvalue weighted by Crippen LogP contribution is 2.32. The molecule has 66 heavy (non-hydrogen) atoms. The van der Waals surface area contributed by atoms with Crippen LogP contribution >= 0.6 is 0 Å². The van der Waals surface area contributed by atoms with Gasteiger partial charge in [0.1, 0.15) is 29.1 Å². The molecule has 0 fully saturated rings. The Bertz CT molecular complexity index is 3130. The first-order chi connectivity index (χ1) is 31.2. The lowest BCUT2D eigenvalue weighted by atomic mass is 9.92. The summed E-state index contributed by atoms with van der Waals surface area (Å²) >= 11 is 0. The van der Waals surface area contributed by atoms with Gasteiger partial charge in [0.2, 0.25) is 0 Å². The minimum absolute atomic E-state index is 0.244. The van der Waals surface area contributed by atoms with E-state index in [1.165, 1.54) is 0 Å². The largest absolute Gasteiger partial charge is 0.326 e. The summed E-state index contributed by atoms with van der Waals surface area (Å²) in [6, 6.07) is 29.4. The third-order valence-corrected chi connectivity index (χ3v) is 10.6. The van der Waals surface area contributed by atoms with Gasteiger partial charge in [0.15, 0.2) is 11.6 Å². The molecule has 0 unspecified atom stereocenters. The summed E-state index contributed by atoms with van der Waals surface area (Å²) < 4.78 is 71.3. The Morgan fingerprint density at radius 2 is 1.03 bits per heavy atom. The van der Waals surface area contributed by atoms with Gasteiger partial charge in [-0.25, -0.2) is 40.9 Å². The third kappa shape index (κ3) is 10.3. The van der Waals surface area contributed by atoms with Gasteiger partial charge in [-0.05, 0) is 76.0 Å². The zero-order chi connectivity index (χ0) is 47.7. The number of nitrogens with one attached hydrogen (secondary N) is 4. The van der Waals surface area contributed by atoms with Crippen molar-refractivity contribution >= 4 is 56.6 Å². The number of hydrogen-bond donors (Lipinski definition) is 5. The monoisotopic (exact) mass is 901 g/mol. The van der Waals surface area contributed by atoms with Crippen molar-refractivity contribution in [3.63, 3.8) is 0 Å². The molecule has 0 bridgehead atoms. The van der Waals surface area contributed by atoms with Crippen LogP contribution in [0.1, 0.15) is 64.1 Å². The minimum Gasteiger partial charge on any atom is -0.326 e. The number of anilines is 4. The zero-order valence-electron chi connectivity index (χ0n) is 37.2. The second-order valence-corrected chi connectivity index (χ2v) is 17.7. The first kappa shape index (κ1) is 46.4. The summed E-state index contributed by atoms with van der Waals surface area (Å²) in [6.07, 6.45) is 0. The van der Waals surface area contributed by atoms with E-state index in [2.05, 4.69) is 32.4 Å². The van der Waals surface area contributed by atoms with Gasteiger partial charge >= 0.3 is 12.1 Å². The van der Waals surface area contributed by atoms with Gasteiger partial charge in [-0.2, -0.15) is 10.2 Å². The Morgan fingerprint density at radius 3 is 1.58 bits per heavy atom. The van der Waals surface area contributed by atoms with Crippen molar-refractivity contribution in [2.45, 2.75) is 65.8 Å². The summed E-state index contributed by atoms with van der Waals surface area (Å²) in [6.45, 7) is 14.3. The predicted octanol–water partition coefficient (Wildman–Crippen LogP) is 12.4. The SMILES string of the molecule is CC(C)(C)c1cc(NC(=O)Nc2cc(F)c(F)cc2F)n(-c2cc(CN)c3ccccc3c2)n1.Cc1cc(-n2nc(C(C)(C)C)cc2NC(=O)Nc2cc(F)ccc2F)cc2ccccc12. The van der Waals surface area contributed by atoms with Gasteiger partial charge in [0, 0.05) is 47.7 Å². The molecule has 6 aromatic carbocycles. The van der Waals surface area contributed by atoms with Crippen LogP contribution in [-0.4, -0.2) is 31.6 Å². The molecule has 6 N–H and O–H groups in total. The molecule has 340 valence electrons. The van der Waals surface area contributed by atoms with E-state index in [0.717, 1.165) is 62.3 Å². The van der Waals surface area contributed by atoms with Crippen LogP contribution in [0, 0.1) is 36.0 Å². The number of rotatable bonds is 7. The number of aryl methyl sites for hydroxylation is 1. The maximum atomic E-state index is 14.0. The summed E-state index contributed by atoms with van der Waals surface area (Å²) in [7, 11) is 0. The van der Waals surface area contributed by atoms with Gasteiger partial charge in [0.05, 0.1) is 34.1 Å². The number of carbonyl (C=O) groups excluding carboxylic acids is 2. The molecule has 8 aromatic rings. The average Bonchev–Trinajstić information content (AvgIpc) is 3.89. The molecule has 11 nitrogen and oxygen atoms in total. The van der Waals surface area contributed by atoms with Crippen LogP contribution in [0.15, 0.2) is 115 Å². The van der Waals surface area contributed by atoms with E-state index in [0.29, 0.717) is 41.7 Å². The second-order valence-electron chi connectivity index (χ2n) is 17.7. The molecule has 0 aliphatic rings. The number of carbonyl (C=O) groups is 2. The Balaban J connectivity index is 0.000000197. The fraction of sp³-hybridized carbons (Fsp3) is 0.200. The van der Waals surface area contributed by atoms with Crippen molar-refractivity contribution in [1.82, 2.24) is 19.6 Å². The van der Waals surface area contributed by atoms with Gasteiger partial charge in [-0.3, -0.25) is 10.6 Å². The highest BCUT2D eigenvalue weighted by molar-refractivity contribution is 6.00. The van der Waals surface area contributed by atoms with Gasteiger partial charge in [-0.15, -0.1) is 0 Å². The minimum atomic E-state index is -1.34. The lowest BCUT2D eigenvalue weighted by molar-refractivity contribution is 0.261. The van der Waals surface area contributed by atoms with E-state index in [-0.39, 0.29) is 16.5 Å². The van der Waals surface area contributed by atoms with Crippen molar-refractivity contribution in [2.24, 2.45) is 5.73 Å². The van der Waals surface area contributed by atoms with Crippen molar-refractivity contribution in [3.8, 4) is 11.4 Å². The van der Waals surface area contributed by atoms with E-state index in [4.69, 9.17) is 10.8 Å². The Hall–Kier alpha value is -7.59. The maximum absolute atomic E-state index is 14.0. The van der Waals surface area contributed by atoms with Crippen LogP contribution in [0.3, 0.4) is 0 Å². The standard InChI is InChI=1S/C25H24F3N5O.C25H24F2N4O/c1-25(2,3)22-12-23(31-24(34)30-21-11-19(27)18(26)10-20(21)28)33(32-22)16-8-14-6-4-5-7-17(14)15(9-16)13-29;1-15-11-18(12-16-7-5-6-8-19(15)16)31-23(14-22(30-31)25(2,3)4)29-24(32)28-21-13-17(26)9-10-20(21)27/h4-12H,13,29H2,1-3H3,(H2,30,31,34);5-14H,1-4H3,(H2,28,29,32). The van der Waals surface area contributed by atoms with Crippen LogP contribution in [0.2, 0.25) is 0 Å². The third-order valence-electron chi connectivity index (χ3n) is 10.6. The Kier molecular flexibility index (Phi) is 13.0. The number of hydrogen-bond acceptors (Lipinski definition) is 5. The van der Waals surface area contributed by atoms with Crippen LogP contribution < -0.4 is 27.0 Å². The number of urea groups is 2. The van der Waals surface area contributed by atoms with Crippen LogP contribution in [0.25, 0.3) is 32.9 Å². The number of nitrogens with two attached hydrogens (primary N) is 1. The summed E-state index contributed by atoms with van der Waals surface area (Å²) in [4.78, 5) is 25.3. The van der Waals surface area contributed by atoms with Crippen LogP contribution in [0.5, 0.6) is 0 Å². The van der Waals surface area contributed by atoms with Crippen LogP contribution in [-0.2, 0) is 17.4 Å². The number of aromatic nitrogens is 4.